The van der Waals surface area contributed by atoms with Crippen LogP contribution in [0.3, 0.4) is 0 Å². The van der Waals surface area contributed by atoms with Gasteiger partial charge in [-0.1, -0.05) is 142 Å². The Morgan fingerprint density at radius 3 is 1.25 bits per heavy atom. The van der Waals surface area contributed by atoms with Crippen molar-refractivity contribution in [2.24, 2.45) is 5.41 Å². The number of rotatable bonds is 25. The van der Waals surface area contributed by atoms with E-state index in [1.807, 2.05) is 0 Å². The lowest BCUT2D eigenvalue weighted by atomic mass is 9.87. The van der Waals surface area contributed by atoms with Crippen molar-refractivity contribution < 1.29 is 28.6 Å². The van der Waals surface area contributed by atoms with Crippen molar-refractivity contribution in [3.63, 3.8) is 0 Å². The third-order valence-corrected chi connectivity index (χ3v) is 7.49. The van der Waals surface area contributed by atoms with Crippen LogP contribution >= 0.6 is 31.9 Å². The molecule has 0 aromatic rings. The van der Waals surface area contributed by atoms with Crippen molar-refractivity contribution in [3.8, 4) is 0 Å². The molecule has 0 saturated carbocycles. The molecule has 0 aromatic carbocycles. The van der Waals surface area contributed by atoms with Crippen molar-refractivity contribution in [2.75, 3.05) is 30.5 Å². The molecule has 0 bridgehead atoms. The fourth-order valence-electron chi connectivity index (χ4n) is 3.99. The van der Waals surface area contributed by atoms with Crippen molar-refractivity contribution in [1.29, 1.82) is 0 Å². The van der Waals surface area contributed by atoms with E-state index in [4.69, 9.17) is 14.2 Å². The summed E-state index contributed by atoms with van der Waals surface area (Å²) in [5.41, 5.74) is -1.19. The van der Waals surface area contributed by atoms with Gasteiger partial charge in [-0.15, -0.1) is 0 Å². The van der Waals surface area contributed by atoms with Crippen LogP contribution in [0.5, 0.6) is 0 Å². The number of carbonyl (C=O) groups is 3. The van der Waals surface area contributed by atoms with E-state index in [9.17, 15) is 14.4 Å². The van der Waals surface area contributed by atoms with Crippen LogP contribution in [-0.2, 0) is 28.6 Å². The number of carbonyl (C=O) groups excluding carboxylic acids is 3. The fraction of sp³-hybridized carbons (Fsp3) is 0.893. The maximum atomic E-state index is 12.8. The molecule has 0 aromatic heterocycles. The molecule has 0 aliphatic heterocycles. The quantitative estimate of drug-likeness (QED) is 0.0434. The first-order valence-electron chi connectivity index (χ1n) is 14.1. The molecule has 0 fully saturated rings. The van der Waals surface area contributed by atoms with Crippen LogP contribution in [0.25, 0.3) is 0 Å². The Kier molecular flexibility index (Phi) is 24.3. The van der Waals surface area contributed by atoms with Gasteiger partial charge in [0.15, 0.2) is 0 Å². The molecular weight excluding hydrogens is 592 g/mol. The van der Waals surface area contributed by atoms with Gasteiger partial charge in [0.1, 0.15) is 29.3 Å². The Morgan fingerprint density at radius 1 is 0.556 bits per heavy atom. The van der Waals surface area contributed by atoms with E-state index in [1.165, 1.54) is 83.5 Å². The minimum Gasteiger partial charge on any atom is -0.465 e. The summed E-state index contributed by atoms with van der Waals surface area (Å²) in [4.78, 5) is 36.0. The average molecular weight is 643 g/mol. The van der Waals surface area contributed by atoms with Gasteiger partial charge < -0.3 is 14.2 Å². The number of hydrogen-bond acceptors (Lipinski definition) is 6. The second-order valence-electron chi connectivity index (χ2n) is 9.66. The fourth-order valence-corrected chi connectivity index (χ4v) is 4.31. The number of hydrogen-bond donors (Lipinski definition) is 0. The highest BCUT2D eigenvalue weighted by Gasteiger charge is 2.41. The predicted molar refractivity (Wildman–Crippen MR) is 153 cm³/mol. The molecule has 0 N–H and O–H groups in total. The van der Waals surface area contributed by atoms with Crippen molar-refractivity contribution in [1.82, 2.24) is 0 Å². The lowest BCUT2D eigenvalue weighted by molar-refractivity contribution is -0.171. The number of esters is 3. The summed E-state index contributed by atoms with van der Waals surface area (Å²) in [5.74, 6) is -1.45. The molecule has 0 amide bonds. The zero-order chi connectivity index (χ0) is 26.9. The van der Waals surface area contributed by atoms with E-state index in [0.29, 0.717) is 13.0 Å². The van der Waals surface area contributed by atoms with Crippen LogP contribution in [0.4, 0.5) is 0 Å². The average Bonchev–Trinajstić information content (AvgIpc) is 2.90. The monoisotopic (exact) mass is 640 g/mol. The summed E-state index contributed by atoms with van der Waals surface area (Å²) in [6, 6.07) is 0. The summed E-state index contributed by atoms with van der Waals surface area (Å²) in [6.45, 7) is 4.01. The van der Waals surface area contributed by atoms with Crippen LogP contribution in [0.15, 0.2) is 0 Å². The van der Waals surface area contributed by atoms with Gasteiger partial charge in [0.25, 0.3) is 0 Å². The van der Waals surface area contributed by atoms with E-state index >= 15 is 0 Å². The lowest BCUT2D eigenvalue weighted by Gasteiger charge is -2.29. The Hall–Kier alpha value is -0.630. The molecule has 0 aliphatic rings. The van der Waals surface area contributed by atoms with E-state index in [-0.39, 0.29) is 23.9 Å². The van der Waals surface area contributed by atoms with Crippen molar-refractivity contribution in [3.05, 3.63) is 0 Å². The maximum Gasteiger partial charge on any atom is 0.319 e. The van der Waals surface area contributed by atoms with Crippen LogP contribution in [0.1, 0.15) is 123 Å². The smallest absolute Gasteiger partial charge is 0.319 e. The second-order valence-corrected chi connectivity index (χ2v) is 10.8. The van der Waals surface area contributed by atoms with Crippen LogP contribution in [0, 0.1) is 5.41 Å². The Balaban J connectivity index is 3.96. The molecule has 6 nitrogen and oxygen atoms in total. The number of ether oxygens (including phenoxy) is 3. The molecule has 0 saturated heterocycles. The summed E-state index contributed by atoms with van der Waals surface area (Å²) in [7, 11) is 0. The standard InChI is InChI=1S/C28H50Br2O6/c1-3-5-6-7-8-9-10-11-12-13-14-15-16-17-18-19-20-34-27(33)28(4-2,23-35-25(31)21-29)24-36-26(32)22-30/h3-24H2,1-2H3. The highest BCUT2D eigenvalue weighted by Crippen LogP contribution is 2.26. The third kappa shape index (κ3) is 18.6. The van der Waals surface area contributed by atoms with Crippen molar-refractivity contribution >= 4 is 49.8 Å². The maximum absolute atomic E-state index is 12.8. The molecule has 0 heterocycles. The van der Waals surface area contributed by atoms with Gasteiger partial charge in [-0.05, 0) is 12.8 Å². The Labute approximate surface area is 236 Å². The molecule has 0 spiro atoms. The summed E-state index contributed by atoms with van der Waals surface area (Å²) >= 11 is 6.08. The van der Waals surface area contributed by atoms with Gasteiger partial charge in [-0.2, -0.15) is 0 Å². The summed E-state index contributed by atoms with van der Waals surface area (Å²) in [5, 5.41) is 0.0600. The highest BCUT2D eigenvalue weighted by molar-refractivity contribution is 9.09. The molecule has 0 atom stereocenters. The molecule has 36 heavy (non-hydrogen) atoms. The predicted octanol–water partition coefficient (Wildman–Crippen LogP) is 8.06. The van der Waals surface area contributed by atoms with Crippen LogP contribution in [-0.4, -0.2) is 48.4 Å². The second kappa shape index (κ2) is 24.7. The molecule has 0 aliphatic carbocycles. The lowest BCUT2D eigenvalue weighted by Crippen LogP contribution is -2.43. The van der Waals surface area contributed by atoms with Gasteiger partial charge in [0, 0.05) is 0 Å². The first kappa shape index (κ1) is 35.4. The van der Waals surface area contributed by atoms with Gasteiger partial charge in [-0.3, -0.25) is 14.4 Å². The van der Waals surface area contributed by atoms with E-state index in [2.05, 4.69) is 38.8 Å². The van der Waals surface area contributed by atoms with E-state index < -0.39 is 23.3 Å². The third-order valence-electron chi connectivity index (χ3n) is 6.58. The Bertz CT molecular complexity index is 550. The molecule has 0 radical (unpaired) electrons. The molecule has 0 unspecified atom stereocenters. The number of unbranched alkanes of at least 4 members (excludes halogenated alkanes) is 15. The summed E-state index contributed by atoms with van der Waals surface area (Å²) < 4.78 is 15.9. The Morgan fingerprint density at radius 2 is 0.917 bits per heavy atom. The highest BCUT2D eigenvalue weighted by atomic mass is 79.9. The zero-order valence-corrected chi connectivity index (χ0v) is 25.9. The number of alkyl halides is 2. The summed E-state index contributed by atoms with van der Waals surface area (Å²) in [6.07, 6.45) is 20.9. The molecular formula is C28H50Br2O6. The topological polar surface area (TPSA) is 78.9 Å². The van der Waals surface area contributed by atoms with E-state index in [1.54, 1.807) is 6.92 Å². The first-order valence-corrected chi connectivity index (χ1v) is 16.3. The largest absolute Gasteiger partial charge is 0.465 e. The van der Waals surface area contributed by atoms with Gasteiger partial charge in [0.2, 0.25) is 0 Å². The van der Waals surface area contributed by atoms with Crippen molar-refractivity contribution in [2.45, 2.75) is 123 Å². The van der Waals surface area contributed by atoms with Crippen LogP contribution < -0.4 is 0 Å². The minimum atomic E-state index is -1.19. The minimum absolute atomic E-state index is 0.0300. The van der Waals surface area contributed by atoms with Gasteiger partial charge >= 0.3 is 17.9 Å². The van der Waals surface area contributed by atoms with Gasteiger partial charge in [0.05, 0.1) is 6.61 Å². The first-order chi connectivity index (χ1) is 17.5. The molecule has 8 heteroatoms. The van der Waals surface area contributed by atoms with Crippen LogP contribution in [0.2, 0.25) is 0 Å². The number of halogens is 2. The van der Waals surface area contributed by atoms with E-state index in [0.717, 1.165) is 19.3 Å². The molecule has 212 valence electrons. The normalized spacial score (nSPS) is 11.3. The molecule has 0 rings (SSSR count). The van der Waals surface area contributed by atoms with Gasteiger partial charge in [-0.25, -0.2) is 0 Å². The SMILES string of the molecule is CCCCCCCCCCCCCCCCCCOC(=O)C(CC)(COC(=O)CBr)COC(=O)CBr. The zero-order valence-electron chi connectivity index (χ0n) is 22.8.